The highest BCUT2D eigenvalue weighted by Gasteiger charge is 1.92. The molecular formula is C13H29NO4. The molecule has 0 aromatic rings. The van der Waals surface area contributed by atoms with Crippen LogP contribution in [0.15, 0.2) is 0 Å². The fourth-order valence-corrected chi connectivity index (χ4v) is 1.34. The summed E-state index contributed by atoms with van der Waals surface area (Å²) >= 11 is 0. The van der Waals surface area contributed by atoms with Crippen LogP contribution in [0.1, 0.15) is 19.3 Å². The molecule has 0 unspecified atom stereocenters. The Morgan fingerprint density at radius 3 is 1.72 bits per heavy atom. The number of hydrogen-bond donors (Lipinski definition) is 1. The van der Waals surface area contributed by atoms with Crippen LogP contribution in [0.3, 0.4) is 0 Å². The molecule has 0 atom stereocenters. The van der Waals surface area contributed by atoms with Crippen molar-refractivity contribution in [1.82, 2.24) is 5.32 Å². The summed E-state index contributed by atoms with van der Waals surface area (Å²) in [5.74, 6) is 0. The van der Waals surface area contributed by atoms with Crippen LogP contribution in [0.25, 0.3) is 0 Å². The van der Waals surface area contributed by atoms with E-state index in [0.717, 1.165) is 58.8 Å². The molecule has 0 heterocycles. The third-order valence-corrected chi connectivity index (χ3v) is 2.30. The molecule has 18 heavy (non-hydrogen) atoms. The lowest BCUT2D eigenvalue weighted by atomic mass is 10.4. The van der Waals surface area contributed by atoms with E-state index < -0.39 is 0 Å². The maximum absolute atomic E-state index is 5.42. The van der Waals surface area contributed by atoms with E-state index in [2.05, 4.69) is 5.32 Å². The molecule has 5 heteroatoms. The SMILES string of the molecule is CNCCCOCCOCCCOCCCOC. The maximum Gasteiger partial charge on any atom is 0.0700 e. The fraction of sp³-hybridized carbons (Fsp3) is 1.00. The topological polar surface area (TPSA) is 49.0 Å². The largest absolute Gasteiger partial charge is 0.385 e. The number of rotatable bonds is 15. The first kappa shape index (κ1) is 17.8. The van der Waals surface area contributed by atoms with Gasteiger partial charge >= 0.3 is 0 Å². The Morgan fingerprint density at radius 2 is 1.17 bits per heavy atom. The first-order valence-electron chi connectivity index (χ1n) is 6.78. The molecule has 0 amide bonds. The van der Waals surface area contributed by atoms with Crippen molar-refractivity contribution < 1.29 is 18.9 Å². The molecular weight excluding hydrogens is 234 g/mol. The second-order valence-corrected chi connectivity index (χ2v) is 3.99. The van der Waals surface area contributed by atoms with Crippen LogP contribution < -0.4 is 5.32 Å². The van der Waals surface area contributed by atoms with Crippen molar-refractivity contribution in [3.63, 3.8) is 0 Å². The maximum atomic E-state index is 5.42. The van der Waals surface area contributed by atoms with Gasteiger partial charge in [-0.3, -0.25) is 0 Å². The molecule has 0 radical (unpaired) electrons. The minimum Gasteiger partial charge on any atom is -0.385 e. The Hall–Kier alpha value is -0.200. The zero-order chi connectivity index (χ0) is 13.3. The zero-order valence-corrected chi connectivity index (χ0v) is 11.9. The van der Waals surface area contributed by atoms with Crippen LogP contribution in [0.2, 0.25) is 0 Å². The van der Waals surface area contributed by atoms with Crippen molar-refractivity contribution in [2.45, 2.75) is 19.3 Å². The predicted octanol–water partition coefficient (Wildman–Crippen LogP) is 1.07. The van der Waals surface area contributed by atoms with Crippen molar-refractivity contribution in [2.24, 2.45) is 0 Å². The van der Waals surface area contributed by atoms with Gasteiger partial charge in [0.25, 0.3) is 0 Å². The third kappa shape index (κ3) is 15.8. The molecule has 0 aliphatic carbocycles. The molecule has 0 rings (SSSR count). The van der Waals surface area contributed by atoms with E-state index >= 15 is 0 Å². The van der Waals surface area contributed by atoms with Gasteiger partial charge in [-0.05, 0) is 32.9 Å². The third-order valence-electron chi connectivity index (χ3n) is 2.30. The monoisotopic (exact) mass is 263 g/mol. The summed E-state index contributed by atoms with van der Waals surface area (Å²) in [6.45, 7) is 6.18. The van der Waals surface area contributed by atoms with Gasteiger partial charge in [0.1, 0.15) is 0 Å². The van der Waals surface area contributed by atoms with E-state index in [-0.39, 0.29) is 0 Å². The molecule has 5 nitrogen and oxygen atoms in total. The summed E-state index contributed by atoms with van der Waals surface area (Å²) in [6.07, 6.45) is 2.94. The van der Waals surface area contributed by atoms with Gasteiger partial charge in [-0.15, -0.1) is 0 Å². The van der Waals surface area contributed by atoms with Crippen molar-refractivity contribution >= 4 is 0 Å². The number of hydrogen-bond acceptors (Lipinski definition) is 5. The lowest BCUT2D eigenvalue weighted by Crippen LogP contribution is -2.12. The lowest BCUT2D eigenvalue weighted by Gasteiger charge is -2.06. The highest BCUT2D eigenvalue weighted by atomic mass is 16.5. The summed E-state index contributed by atoms with van der Waals surface area (Å²) in [7, 11) is 3.65. The summed E-state index contributed by atoms with van der Waals surface area (Å²) in [5.41, 5.74) is 0. The summed E-state index contributed by atoms with van der Waals surface area (Å²) in [6, 6.07) is 0. The van der Waals surface area contributed by atoms with Crippen molar-refractivity contribution in [3.05, 3.63) is 0 Å². The summed E-state index contributed by atoms with van der Waals surface area (Å²) < 4.78 is 21.2. The van der Waals surface area contributed by atoms with E-state index in [4.69, 9.17) is 18.9 Å². The van der Waals surface area contributed by atoms with E-state index in [1.165, 1.54) is 0 Å². The molecule has 0 saturated heterocycles. The Kier molecular flexibility index (Phi) is 16.6. The Morgan fingerprint density at radius 1 is 0.667 bits per heavy atom. The standard InChI is InChI=1S/C13H29NO4/c1-14-6-3-8-17-12-13-18-11-5-10-16-9-4-7-15-2/h14H,3-13H2,1-2H3. The van der Waals surface area contributed by atoms with Gasteiger partial charge in [0, 0.05) is 40.1 Å². The summed E-state index contributed by atoms with van der Waals surface area (Å²) in [5, 5.41) is 3.08. The van der Waals surface area contributed by atoms with E-state index in [9.17, 15) is 0 Å². The van der Waals surface area contributed by atoms with E-state index in [1.54, 1.807) is 7.11 Å². The van der Waals surface area contributed by atoms with Crippen LogP contribution >= 0.6 is 0 Å². The van der Waals surface area contributed by atoms with Gasteiger partial charge in [-0.1, -0.05) is 0 Å². The normalized spacial score (nSPS) is 11.0. The smallest absolute Gasteiger partial charge is 0.0700 e. The van der Waals surface area contributed by atoms with Crippen LogP contribution in [0, 0.1) is 0 Å². The van der Waals surface area contributed by atoms with Crippen molar-refractivity contribution in [3.8, 4) is 0 Å². The second-order valence-electron chi connectivity index (χ2n) is 3.99. The number of ether oxygens (including phenoxy) is 4. The second kappa shape index (κ2) is 16.8. The molecule has 1 N–H and O–H groups in total. The molecule has 0 aliphatic heterocycles. The Bertz CT molecular complexity index is 131. The Balaban J connectivity index is 2.86. The average Bonchev–Trinajstić information content (AvgIpc) is 2.39. The highest BCUT2D eigenvalue weighted by molar-refractivity contribution is 4.40. The van der Waals surface area contributed by atoms with Gasteiger partial charge < -0.3 is 24.3 Å². The molecule has 0 spiro atoms. The molecule has 0 fully saturated rings. The lowest BCUT2D eigenvalue weighted by molar-refractivity contribution is 0.0332. The number of nitrogens with one attached hydrogen (secondary N) is 1. The Labute approximate surface area is 111 Å². The first-order valence-corrected chi connectivity index (χ1v) is 6.78. The molecule has 0 saturated carbocycles. The van der Waals surface area contributed by atoms with Gasteiger partial charge in [0.15, 0.2) is 0 Å². The highest BCUT2D eigenvalue weighted by Crippen LogP contribution is 1.89. The molecule has 0 bridgehead atoms. The molecule has 0 aliphatic rings. The molecule has 0 aromatic carbocycles. The number of methoxy groups -OCH3 is 1. The zero-order valence-electron chi connectivity index (χ0n) is 11.9. The van der Waals surface area contributed by atoms with Crippen LogP contribution in [0.4, 0.5) is 0 Å². The minimum atomic E-state index is 0.670. The van der Waals surface area contributed by atoms with E-state index in [0.29, 0.717) is 13.2 Å². The van der Waals surface area contributed by atoms with Crippen LogP contribution in [-0.2, 0) is 18.9 Å². The molecule has 110 valence electrons. The first-order chi connectivity index (χ1) is 8.91. The van der Waals surface area contributed by atoms with Gasteiger partial charge in [0.05, 0.1) is 13.2 Å². The predicted molar refractivity (Wildman–Crippen MR) is 72.1 cm³/mol. The summed E-state index contributed by atoms with van der Waals surface area (Å²) in [4.78, 5) is 0. The van der Waals surface area contributed by atoms with Gasteiger partial charge in [-0.25, -0.2) is 0 Å². The van der Waals surface area contributed by atoms with Gasteiger partial charge in [0.2, 0.25) is 0 Å². The van der Waals surface area contributed by atoms with Crippen LogP contribution in [0.5, 0.6) is 0 Å². The van der Waals surface area contributed by atoms with Crippen molar-refractivity contribution in [1.29, 1.82) is 0 Å². The average molecular weight is 263 g/mol. The quantitative estimate of drug-likeness (QED) is 0.448. The van der Waals surface area contributed by atoms with Crippen molar-refractivity contribution in [2.75, 3.05) is 67.0 Å². The van der Waals surface area contributed by atoms with Gasteiger partial charge in [-0.2, -0.15) is 0 Å². The fourth-order valence-electron chi connectivity index (χ4n) is 1.34. The van der Waals surface area contributed by atoms with Crippen LogP contribution in [-0.4, -0.2) is 67.0 Å². The molecule has 0 aromatic heterocycles. The van der Waals surface area contributed by atoms with E-state index in [1.807, 2.05) is 7.05 Å². The minimum absolute atomic E-state index is 0.670.